The van der Waals surface area contributed by atoms with Gasteiger partial charge in [-0.05, 0) is 24.3 Å². The third-order valence-electron chi connectivity index (χ3n) is 4.82. The van der Waals surface area contributed by atoms with Gasteiger partial charge in [-0.3, -0.25) is 9.80 Å². The molecule has 0 amide bonds. The molecule has 0 aromatic carbocycles. The van der Waals surface area contributed by atoms with Crippen LogP contribution in [0, 0.1) is 0 Å². The summed E-state index contributed by atoms with van der Waals surface area (Å²) in [7, 11) is 0. The SMILES string of the molecule is c1csc(-c2noc(CN3CCN(C4CCCC4)CC3)n2)c1. The summed E-state index contributed by atoms with van der Waals surface area (Å²) < 4.78 is 5.41. The Balaban J connectivity index is 1.31. The molecule has 1 aliphatic carbocycles. The van der Waals surface area contributed by atoms with Gasteiger partial charge >= 0.3 is 0 Å². The van der Waals surface area contributed by atoms with Crippen LogP contribution in [0.3, 0.4) is 0 Å². The van der Waals surface area contributed by atoms with Gasteiger partial charge in [-0.2, -0.15) is 4.98 Å². The minimum atomic E-state index is 0.717. The second-order valence-corrected chi connectivity index (χ2v) is 7.19. The molecule has 0 bridgehead atoms. The summed E-state index contributed by atoms with van der Waals surface area (Å²) in [6, 6.07) is 4.88. The molecule has 118 valence electrons. The zero-order valence-electron chi connectivity index (χ0n) is 12.8. The summed E-state index contributed by atoms with van der Waals surface area (Å²) in [5.74, 6) is 1.45. The first-order valence-electron chi connectivity index (χ1n) is 8.21. The number of aromatic nitrogens is 2. The molecule has 0 radical (unpaired) electrons. The van der Waals surface area contributed by atoms with Gasteiger partial charge in [0.05, 0.1) is 11.4 Å². The second-order valence-electron chi connectivity index (χ2n) is 6.24. The minimum Gasteiger partial charge on any atom is -0.338 e. The van der Waals surface area contributed by atoms with E-state index in [4.69, 9.17) is 4.52 Å². The van der Waals surface area contributed by atoms with Crippen molar-refractivity contribution in [2.75, 3.05) is 26.2 Å². The first-order valence-corrected chi connectivity index (χ1v) is 9.09. The molecule has 3 heterocycles. The van der Waals surface area contributed by atoms with E-state index in [2.05, 4.69) is 19.9 Å². The zero-order valence-corrected chi connectivity index (χ0v) is 13.6. The molecule has 2 aromatic heterocycles. The first kappa shape index (κ1) is 14.4. The monoisotopic (exact) mass is 318 g/mol. The highest BCUT2D eigenvalue weighted by Crippen LogP contribution is 2.25. The lowest BCUT2D eigenvalue weighted by molar-refractivity contribution is 0.0868. The minimum absolute atomic E-state index is 0.717. The summed E-state index contributed by atoms with van der Waals surface area (Å²) in [6.45, 7) is 5.34. The highest BCUT2D eigenvalue weighted by molar-refractivity contribution is 7.13. The van der Waals surface area contributed by atoms with Crippen molar-refractivity contribution in [3.8, 4) is 10.7 Å². The Labute approximate surface area is 134 Å². The zero-order chi connectivity index (χ0) is 14.8. The van der Waals surface area contributed by atoms with Crippen LogP contribution in [-0.2, 0) is 6.54 Å². The molecule has 0 unspecified atom stereocenters. The van der Waals surface area contributed by atoms with E-state index in [9.17, 15) is 0 Å². The van der Waals surface area contributed by atoms with Crippen LogP contribution in [-0.4, -0.2) is 52.2 Å². The van der Waals surface area contributed by atoms with Gasteiger partial charge in [-0.15, -0.1) is 11.3 Å². The molecule has 4 rings (SSSR count). The van der Waals surface area contributed by atoms with Gasteiger partial charge < -0.3 is 4.52 Å². The third-order valence-corrected chi connectivity index (χ3v) is 5.68. The van der Waals surface area contributed by atoms with Crippen LogP contribution in [0.4, 0.5) is 0 Å². The Morgan fingerprint density at radius 3 is 2.73 bits per heavy atom. The van der Waals surface area contributed by atoms with Crippen molar-refractivity contribution in [2.24, 2.45) is 0 Å². The van der Waals surface area contributed by atoms with E-state index >= 15 is 0 Å². The fourth-order valence-electron chi connectivity index (χ4n) is 3.57. The Kier molecular flexibility index (Phi) is 4.23. The van der Waals surface area contributed by atoms with Crippen molar-refractivity contribution in [2.45, 2.75) is 38.3 Å². The van der Waals surface area contributed by atoms with E-state index in [-0.39, 0.29) is 0 Å². The van der Waals surface area contributed by atoms with E-state index in [1.807, 2.05) is 17.5 Å². The van der Waals surface area contributed by atoms with E-state index in [0.29, 0.717) is 0 Å². The molecule has 22 heavy (non-hydrogen) atoms. The normalized spacial score (nSPS) is 21.6. The van der Waals surface area contributed by atoms with Gasteiger partial charge in [0.1, 0.15) is 0 Å². The van der Waals surface area contributed by atoms with E-state index in [1.54, 1.807) is 11.3 Å². The van der Waals surface area contributed by atoms with Gasteiger partial charge in [0.15, 0.2) is 0 Å². The number of rotatable bonds is 4. The van der Waals surface area contributed by atoms with Crippen LogP contribution in [0.15, 0.2) is 22.0 Å². The quantitative estimate of drug-likeness (QED) is 0.867. The molecule has 0 N–H and O–H groups in total. The van der Waals surface area contributed by atoms with Crippen molar-refractivity contribution >= 4 is 11.3 Å². The lowest BCUT2D eigenvalue weighted by atomic mass is 10.2. The number of hydrogen-bond donors (Lipinski definition) is 0. The number of nitrogens with zero attached hydrogens (tertiary/aromatic N) is 4. The van der Waals surface area contributed by atoms with Crippen molar-refractivity contribution < 1.29 is 4.52 Å². The van der Waals surface area contributed by atoms with Crippen molar-refractivity contribution in [3.05, 3.63) is 23.4 Å². The maximum absolute atomic E-state index is 5.41. The van der Waals surface area contributed by atoms with Crippen molar-refractivity contribution in [1.82, 2.24) is 19.9 Å². The third kappa shape index (κ3) is 3.09. The summed E-state index contributed by atoms with van der Waals surface area (Å²) >= 11 is 1.64. The molecule has 6 heteroatoms. The smallest absolute Gasteiger partial charge is 0.241 e. The maximum atomic E-state index is 5.41. The molecule has 0 atom stereocenters. The molecule has 2 aliphatic rings. The van der Waals surface area contributed by atoms with E-state index in [0.717, 1.165) is 42.3 Å². The average Bonchev–Trinajstić information content (AvgIpc) is 3.30. The largest absolute Gasteiger partial charge is 0.338 e. The molecule has 2 aromatic rings. The Morgan fingerprint density at radius 1 is 1.18 bits per heavy atom. The predicted molar refractivity (Wildman–Crippen MR) is 86.7 cm³/mol. The molecule has 5 nitrogen and oxygen atoms in total. The fraction of sp³-hybridized carbons (Fsp3) is 0.625. The molecule has 2 fully saturated rings. The Hall–Kier alpha value is -1.24. The van der Waals surface area contributed by atoms with E-state index < -0.39 is 0 Å². The molecule has 1 saturated carbocycles. The molecule has 1 aliphatic heterocycles. The average molecular weight is 318 g/mol. The van der Waals surface area contributed by atoms with Gasteiger partial charge in [0.25, 0.3) is 0 Å². The van der Waals surface area contributed by atoms with Crippen LogP contribution < -0.4 is 0 Å². The van der Waals surface area contributed by atoms with Crippen molar-refractivity contribution in [3.63, 3.8) is 0 Å². The summed E-state index contributed by atoms with van der Waals surface area (Å²) in [5, 5.41) is 6.12. The Morgan fingerprint density at radius 2 is 2.00 bits per heavy atom. The fourth-order valence-corrected chi connectivity index (χ4v) is 4.22. The van der Waals surface area contributed by atoms with Gasteiger partial charge in [0.2, 0.25) is 11.7 Å². The lowest BCUT2D eigenvalue weighted by Crippen LogP contribution is -2.49. The van der Waals surface area contributed by atoms with Gasteiger partial charge in [-0.25, -0.2) is 0 Å². The van der Waals surface area contributed by atoms with Crippen LogP contribution in [0.25, 0.3) is 10.7 Å². The second kappa shape index (κ2) is 6.48. The molecule has 1 saturated heterocycles. The predicted octanol–water partition coefficient (Wildman–Crippen LogP) is 2.86. The maximum Gasteiger partial charge on any atom is 0.241 e. The molecular weight excluding hydrogens is 296 g/mol. The van der Waals surface area contributed by atoms with Crippen LogP contribution >= 0.6 is 11.3 Å². The van der Waals surface area contributed by atoms with E-state index in [1.165, 1.54) is 38.8 Å². The number of thiophene rings is 1. The highest BCUT2D eigenvalue weighted by Gasteiger charge is 2.26. The number of piperazine rings is 1. The summed E-state index contributed by atoms with van der Waals surface area (Å²) in [6.07, 6.45) is 5.62. The lowest BCUT2D eigenvalue weighted by Gasteiger charge is -2.37. The molecule has 0 spiro atoms. The number of hydrogen-bond acceptors (Lipinski definition) is 6. The topological polar surface area (TPSA) is 45.4 Å². The summed E-state index contributed by atoms with van der Waals surface area (Å²) in [5.41, 5.74) is 0. The van der Waals surface area contributed by atoms with Crippen LogP contribution in [0.5, 0.6) is 0 Å². The van der Waals surface area contributed by atoms with Crippen molar-refractivity contribution in [1.29, 1.82) is 0 Å². The highest BCUT2D eigenvalue weighted by atomic mass is 32.1. The Bertz CT molecular complexity index is 583. The standard InChI is InChI=1S/C16H22N4OS/c1-2-5-13(4-1)20-9-7-19(8-10-20)12-15-17-16(18-21-15)14-6-3-11-22-14/h3,6,11,13H,1-2,4-5,7-10,12H2. The molecular formula is C16H22N4OS. The van der Waals surface area contributed by atoms with Crippen LogP contribution in [0.2, 0.25) is 0 Å². The summed E-state index contributed by atoms with van der Waals surface area (Å²) in [4.78, 5) is 10.7. The van der Waals surface area contributed by atoms with Crippen LogP contribution in [0.1, 0.15) is 31.6 Å². The first-order chi connectivity index (χ1) is 10.9. The van der Waals surface area contributed by atoms with Gasteiger partial charge in [0, 0.05) is 32.2 Å². The van der Waals surface area contributed by atoms with Gasteiger partial charge in [-0.1, -0.05) is 24.1 Å².